The first-order chi connectivity index (χ1) is 14.7. The zero-order valence-electron chi connectivity index (χ0n) is 19.4. The van der Waals surface area contributed by atoms with E-state index in [0.717, 1.165) is 37.7 Å². The molecule has 2 aliphatic rings. The van der Waals surface area contributed by atoms with Crippen molar-refractivity contribution in [3.63, 3.8) is 0 Å². The summed E-state index contributed by atoms with van der Waals surface area (Å²) >= 11 is 0. The summed E-state index contributed by atoms with van der Waals surface area (Å²) in [5, 5.41) is 18.8. The third kappa shape index (κ3) is 4.64. The van der Waals surface area contributed by atoms with Crippen molar-refractivity contribution in [1.29, 1.82) is 0 Å². The van der Waals surface area contributed by atoms with Crippen LogP contribution in [0, 0.1) is 0 Å². The fourth-order valence-electron chi connectivity index (χ4n) is 5.02. The highest BCUT2D eigenvalue weighted by atomic mass is 16.3. The molecule has 168 valence electrons. The first-order valence-corrected chi connectivity index (χ1v) is 11.6. The Kier molecular flexibility index (Phi) is 6.12. The molecule has 0 amide bonds. The highest BCUT2D eigenvalue weighted by molar-refractivity contribution is 5.65. The topological polar surface area (TPSA) is 59.8 Å². The van der Waals surface area contributed by atoms with Crippen LogP contribution in [0.15, 0.2) is 36.4 Å². The molecular formula is C26H37N3O2. The highest BCUT2D eigenvalue weighted by Crippen LogP contribution is 2.46. The minimum Gasteiger partial charge on any atom is -0.394 e. The minimum absolute atomic E-state index is 0.182. The molecule has 4 rings (SSSR count). The molecule has 0 radical (unpaired) electrons. The van der Waals surface area contributed by atoms with Crippen LogP contribution in [0.25, 0.3) is 11.3 Å². The lowest BCUT2D eigenvalue weighted by molar-refractivity contribution is 0.0574. The Bertz CT molecular complexity index is 917. The summed E-state index contributed by atoms with van der Waals surface area (Å²) in [6.07, 6.45) is 1.77. The van der Waals surface area contributed by atoms with Crippen molar-refractivity contribution >= 4 is 5.82 Å². The van der Waals surface area contributed by atoms with Crippen molar-refractivity contribution in [2.45, 2.75) is 57.5 Å². The number of piperazine rings is 1. The number of hydrogen-bond acceptors (Lipinski definition) is 5. The summed E-state index contributed by atoms with van der Waals surface area (Å²) in [4.78, 5) is 9.54. The van der Waals surface area contributed by atoms with Crippen LogP contribution in [-0.2, 0) is 10.8 Å². The monoisotopic (exact) mass is 423 g/mol. The van der Waals surface area contributed by atoms with E-state index in [1.807, 2.05) is 0 Å². The minimum atomic E-state index is -0.661. The van der Waals surface area contributed by atoms with E-state index in [0.29, 0.717) is 6.54 Å². The molecule has 2 heterocycles. The predicted octanol–water partition coefficient (Wildman–Crippen LogP) is 3.57. The Hall–Kier alpha value is -1.95. The van der Waals surface area contributed by atoms with Gasteiger partial charge in [-0.05, 0) is 53.0 Å². The van der Waals surface area contributed by atoms with Crippen LogP contribution >= 0.6 is 0 Å². The lowest BCUT2D eigenvalue weighted by Gasteiger charge is -2.42. The molecule has 0 bridgehead atoms. The molecule has 1 aliphatic heterocycles. The van der Waals surface area contributed by atoms with Crippen molar-refractivity contribution < 1.29 is 10.2 Å². The molecule has 0 spiro atoms. The van der Waals surface area contributed by atoms with Gasteiger partial charge in [0.05, 0.1) is 18.4 Å². The molecule has 5 nitrogen and oxygen atoms in total. The maximum atomic E-state index is 9.69. The number of aliphatic hydroxyl groups is 2. The highest BCUT2D eigenvalue weighted by Gasteiger charge is 2.37. The summed E-state index contributed by atoms with van der Waals surface area (Å²) in [5.74, 6) is 1.01. The van der Waals surface area contributed by atoms with E-state index >= 15 is 0 Å². The number of anilines is 1. The summed E-state index contributed by atoms with van der Waals surface area (Å²) in [5.41, 5.74) is 5.57. The van der Waals surface area contributed by atoms with Crippen molar-refractivity contribution in [2.24, 2.45) is 0 Å². The lowest BCUT2D eigenvalue weighted by atomic mass is 9.63. The summed E-state index contributed by atoms with van der Waals surface area (Å²) in [6, 6.07) is 13.2. The van der Waals surface area contributed by atoms with Crippen molar-refractivity contribution in [3.05, 3.63) is 47.5 Å². The van der Waals surface area contributed by atoms with Crippen molar-refractivity contribution in [3.8, 4) is 11.3 Å². The maximum absolute atomic E-state index is 9.69. The van der Waals surface area contributed by atoms with Crippen LogP contribution < -0.4 is 4.90 Å². The Morgan fingerprint density at radius 1 is 0.935 bits per heavy atom. The number of β-amino-alcohol motifs (C(OH)–C–C–N with tert-alkyl or cyclic N) is 1. The number of pyridine rings is 1. The fourth-order valence-corrected chi connectivity index (χ4v) is 5.02. The fraction of sp³-hybridized carbons (Fsp3) is 0.577. The smallest absolute Gasteiger partial charge is 0.129 e. The second-order valence-corrected chi connectivity index (χ2v) is 10.5. The van der Waals surface area contributed by atoms with Gasteiger partial charge in [0.25, 0.3) is 0 Å². The molecule has 1 saturated heterocycles. The largest absolute Gasteiger partial charge is 0.394 e. The molecule has 0 unspecified atom stereocenters. The maximum Gasteiger partial charge on any atom is 0.129 e. The SMILES string of the molecule is CC1(C)CCC(C)(C)c2cc(-c3cccc(N4CCN(C[C@@H](O)CO)CC4)n3)ccc21. The van der Waals surface area contributed by atoms with Gasteiger partial charge in [0, 0.05) is 38.3 Å². The molecule has 1 fully saturated rings. The predicted molar refractivity (Wildman–Crippen MR) is 127 cm³/mol. The van der Waals surface area contributed by atoms with Gasteiger partial charge in [-0.3, -0.25) is 4.90 Å². The Morgan fingerprint density at radius 2 is 1.61 bits per heavy atom. The van der Waals surface area contributed by atoms with Crippen LogP contribution in [0.1, 0.15) is 51.7 Å². The molecule has 5 heteroatoms. The lowest BCUT2D eigenvalue weighted by Crippen LogP contribution is -2.49. The van der Waals surface area contributed by atoms with Crippen molar-refractivity contribution in [2.75, 3.05) is 44.2 Å². The molecule has 1 atom stereocenters. The average molecular weight is 424 g/mol. The van der Waals surface area contributed by atoms with Gasteiger partial charge in [-0.2, -0.15) is 0 Å². The molecule has 1 aromatic carbocycles. The Balaban J connectivity index is 1.55. The third-order valence-corrected chi connectivity index (χ3v) is 7.26. The van der Waals surface area contributed by atoms with Gasteiger partial charge in [-0.15, -0.1) is 0 Å². The van der Waals surface area contributed by atoms with E-state index in [2.05, 4.69) is 73.9 Å². The van der Waals surface area contributed by atoms with Gasteiger partial charge in [-0.25, -0.2) is 4.98 Å². The van der Waals surface area contributed by atoms with Crippen LogP contribution in [0.5, 0.6) is 0 Å². The van der Waals surface area contributed by atoms with E-state index in [-0.39, 0.29) is 17.4 Å². The quantitative estimate of drug-likeness (QED) is 0.770. The van der Waals surface area contributed by atoms with Gasteiger partial charge < -0.3 is 15.1 Å². The van der Waals surface area contributed by atoms with Crippen molar-refractivity contribution in [1.82, 2.24) is 9.88 Å². The van der Waals surface area contributed by atoms with Gasteiger partial charge in [0.1, 0.15) is 5.82 Å². The Labute approximate surface area is 186 Å². The second-order valence-electron chi connectivity index (χ2n) is 10.5. The van der Waals surface area contributed by atoms with Crippen LogP contribution in [0.2, 0.25) is 0 Å². The van der Waals surface area contributed by atoms with Gasteiger partial charge >= 0.3 is 0 Å². The third-order valence-electron chi connectivity index (χ3n) is 7.26. The number of rotatable bonds is 5. The summed E-state index contributed by atoms with van der Waals surface area (Å²) < 4.78 is 0. The number of aromatic nitrogens is 1. The molecule has 1 aliphatic carbocycles. The molecule has 2 N–H and O–H groups in total. The zero-order valence-corrected chi connectivity index (χ0v) is 19.4. The average Bonchev–Trinajstić information content (AvgIpc) is 2.77. The summed E-state index contributed by atoms with van der Waals surface area (Å²) in [6.45, 7) is 13.3. The van der Waals surface area contributed by atoms with E-state index in [1.165, 1.54) is 29.5 Å². The van der Waals surface area contributed by atoms with Crippen LogP contribution in [0.3, 0.4) is 0 Å². The first-order valence-electron chi connectivity index (χ1n) is 11.6. The summed E-state index contributed by atoms with van der Waals surface area (Å²) in [7, 11) is 0. The Morgan fingerprint density at radius 3 is 2.29 bits per heavy atom. The van der Waals surface area contributed by atoms with E-state index < -0.39 is 6.10 Å². The van der Waals surface area contributed by atoms with Crippen LogP contribution in [-0.4, -0.2) is 65.5 Å². The molecule has 0 saturated carbocycles. The van der Waals surface area contributed by atoms with E-state index in [4.69, 9.17) is 10.1 Å². The second kappa shape index (κ2) is 8.53. The van der Waals surface area contributed by atoms with E-state index in [1.54, 1.807) is 0 Å². The van der Waals surface area contributed by atoms with Crippen LogP contribution in [0.4, 0.5) is 5.82 Å². The number of aliphatic hydroxyl groups excluding tert-OH is 2. The number of nitrogens with zero attached hydrogens (tertiary/aromatic N) is 3. The van der Waals surface area contributed by atoms with Gasteiger partial charge in [0.2, 0.25) is 0 Å². The zero-order chi connectivity index (χ0) is 22.2. The number of hydrogen-bond donors (Lipinski definition) is 2. The van der Waals surface area contributed by atoms with Gasteiger partial charge in [-0.1, -0.05) is 45.9 Å². The molecule has 2 aromatic rings. The number of benzene rings is 1. The molecular weight excluding hydrogens is 386 g/mol. The molecule has 1 aromatic heterocycles. The standard InChI is InChI=1S/C26H37N3O2/c1-25(2)10-11-26(3,4)22-16-19(8-9-21(22)25)23-6-5-7-24(27-23)29-14-12-28(13-15-29)17-20(31)18-30/h5-9,16,20,30-31H,10-15,17-18H2,1-4H3/t20-/m1/s1. The first kappa shape index (κ1) is 22.3. The number of fused-ring (bicyclic) bond motifs is 1. The van der Waals surface area contributed by atoms with Gasteiger partial charge in [0.15, 0.2) is 0 Å². The van der Waals surface area contributed by atoms with E-state index in [9.17, 15) is 5.11 Å². The normalized spacial score (nSPS) is 21.5. The molecule has 31 heavy (non-hydrogen) atoms.